The molecule has 0 aromatic heterocycles. The number of fused-ring (bicyclic) bond motifs is 1. The fourth-order valence-electron chi connectivity index (χ4n) is 1.51. The van der Waals surface area contributed by atoms with E-state index >= 15 is 0 Å². The lowest BCUT2D eigenvalue weighted by Crippen LogP contribution is -2.29. The van der Waals surface area contributed by atoms with Gasteiger partial charge in [0.2, 0.25) is 0 Å². The number of benzene rings is 1. The molecule has 0 atom stereocenters. The number of halogens is 1. The number of esters is 1. The van der Waals surface area contributed by atoms with Gasteiger partial charge in [-0.25, -0.2) is 4.79 Å². The third-order valence-electron chi connectivity index (χ3n) is 2.30. The summed E-state index contributed by atoms with van der Waals surface area (Å²) in [5.74, 6) is -0.526. The summed E-state index contributed by atoms with van der Waals surface area (Å²) in [5, 5.41) is 9.74. The van der Waals surface area contributed by atoms with Crippen molar-refractivity contribution in [2.24, 2.45) is 0 Å². The van der Waals surface area contributed by atoms with E-state index in [1.807, 2.05) is 0 Å². The van der Waals surface area contributed by atoms with E-state index in [9.17, 15) is 9.82 Å². The summed E-state index contributed by atoms with van der Waals surface area (Å²) in [6.45, 7) is 0.303. The van der Waals surface area contributed by atoms with Crippen LogP contribution in [0.1, 0.15) is 15.9 Å². The molecule has 0 bridgehead atoms. The zero-order valence-electron chi connectivity index (χ0n) is 7.99. The summed E-state index contributed by atoms with van der Waals surface area (Å²) < 4.78 is 9.56. The predicted molar refractivity (Wildman–Crippen MR) is 55.2 cm³/mol. The Morgan fingerprint density at radius 3 is 3.07 bits per heavy atom. The van der Waals surface area contributed by atoms with E-state index < -0.39 is 13.1 Å². The molecule has 0 fully saturated rings. The highest BCUT2D eigenvalue weighted by atomic mass is 35.5. The average molecular weight is 226 g/mol. The van der Waals surface area contributed by atoms with E-state index in [-0.39, 0.29) is 5.56 Å². The van der Waals surface area contributed by atoms with Gasteiger partial charge in [-0.05, 0) is 23.2 Å². The van der Waals surface area contributed by atoms with Gasteiger partial charge in [-0.2, -0.15) is 0 Å². The average Bonchev–Trinajstić information content (AvgIpc) is 2.58. The number of hydrogen-bond acceptors (Lipinski definition) is 4. The van der Waals surface area contributed by atoms with Crippen LogP contribution in [-0.4, -0.2) is 25.2 Å². The van der Waals surface area contributed by atoms with Crippen LogP contribution >= 0.6 is 11.6 Å². The molecule has 1 aliphatic heterocycles. The van der Waals surface area contributed by atoms with Gasteiger partial charge >= 0.3 is 13.1 Å². The van der Waals surface area contributed by atoms with Gasteiger partial charge in [0.1, 0.15) is 0 Å². The summed E-state index contributed by atoms with van der Waals surface area (Å²) in [6, 6.07) is 3.11. The molecule has 78 valence electrons. The van der Waals surface area contributed by atoms with Crippen molar-refractivity contribution >= 4 is 30.2 Å². The molecule has 0 radical (unpaired) electrons. The summed E-state index contributed by atoms with van der Waals surface area (Å²) in [5.41, 5.74) is 1.60. The Bertz CT molecular complexity index is 421. The molecule has 0 saturated heterocycles. The maximum absolute atomic E-state index is 11.3. The maximum atomic E-state index is 11.3. The third kappa shape index (κ3) is 1.74. The normalized spacial score (nSPS) is 13.9. The largest absolute Gasteiger partial charge is 0.491 e. The number of methoxy groups -OCH3 is 1. The zero-order valence-corrected chi connectivity index (χ0v) is 8.75. The van der Waals surface area contributed by atoms with Gasteiger partial charge in [-0.1, -0.05) is 11.6 Å². The van der Waals surface area contributed by atoms with Gasteiger partial charge < -0.3 is 14.4 Å². The van der Waals surface area contributed by atoms with Crippen molar-refractivity contribution < 1.29 is 19.2 Å². The molecule has 1 N–H and O–H groups in total. The number of rotatable bonds is 1. The van der Waals surface area contributed by atoms with Gasteiger partial charge in [0.15, 0.2) is 0 Å². The van der Waals surface area contributed by atoms with Gasteiger partial charge in [-0.3, -0.25) is 0 Å². The lowest BCUT2D eigenvalue weighted by atomic mass is 9.79. The Kier molecular flexibility index (Phi) is 2.69. The van der Waals surface area contributed by atoms with Gasteiger partial charge in [0, 0.05) is 0 Å². The van der Waals surface area contributed by atoms with Crippen LogP contribution < -0.4 is 5.46 Å². The van der Waals surface area contributed by atoms with Crippen LogP contribution in [0.2, 0.25) is 5.02 Å². The Hall–Kier alpha value is -1.04. The standard InChI is InChI=1S/C9H8BClO4/c1-14-9(12)6-3-7-5(2-8(6)11)4-15-10(7)13/h2-3,13H,4H2,1H3. The van der Waals surface area contributed by atoms with E-state index in [0.717, 1.165) is 5.56 Å². The molecule has 1 aliphatic rings. The molecular weight excluding hydrogens is 218 g/mol. The lowest BCUT2D eigenvalue weighted by Gasteiger charge is -2.05. The first kappa shape index (κ1) is 10.5. The van der Waals surface area contributed by atoms with Crippen molar-refractivity contribution in [3.05, 3.63) is 28.3 Å². The van der Waals surface area contributed by atoms with E-state index in [2.05, 4.69) is 4.74 Å². The SMILES string of the molecule is COC(=O)c1cc2c(cc1Cl)COB2O. The van der Waals surface area contributed by atoms with Crippen molar-refractivity contribution in [2.45, 2.75) is 6.61 Å². The number of carbonyl (C=O) groups is 1. The lowest BCUT2D eigenvalue weighted by molar-refractivity contribution is 0.0601. The van der Waals surface area contributed by atoms with Crippen LogP contribution in [0.4, 0.5) is 0 Å². The molecule has 15 heavy (non-hydrogen) atoms. The Morgan fingerprint density at radius 1 is 1.67 bits per heavy atom. The van der Waals surface area contributed by atoms with Crippen LogP contribution in [0, 0.1) is 0 Å². The molecule has 0 unspecified atom stereocenters. The second-order valence-corrected chi connectivity index (χ2v) is 3.59. The molecule has 1 aromatic carbocycles. The van der Waals surface area contributed by atoms with Crippen LogP contribution in [0.3, 0.4) is 0 Å². The van der Waals surface area contributed by atoms with Crippen LogP contribution in [0.5, 0.6) is 0 Å². The quantitative estimate of drug-likeness (QED) is 0.554. The minimum atomic E-state index is -0.985. The molecule has 0 amide bonds. The van der Waals surface area contributed by atoms with Crippen molar-refractivity contribution in [1.29, 1.82) is 0 Å². The highest BCUT2D eigenvalue weighted by Crippen LogP contribution is 2.21. The Morgan fingerprint density at radius 2 is 2.40 bits per heavy atom. The second kappa shape index (κ2) is 3.85. The molecule has 4 nitrogen and oxygen atoms in total. The second-order valence-electron chi connectivity index (χ2n) is 3.19. The van der Waals surface area contributed by atoms with Crippen LogP contribution in [0.15, 0.2) is 12.1 Å². The highest BCUT2D eigenvalue weighted by molar-refractivity contribution is 6.61. The summed E-state index contributed by atoms with van der Waals surface area (Å²) >= 11 is 5.89. The summed E-state index contributed by atoms with van der Waals surface area (Å²) in [4.78, 5) is 11.3. The van der Waals surface area contributed by atoms with E-state index in [4.69, 9.17) is 16.3 Å². The maximum Gasteiger partial charge on any atom is 0.491 e. The Balaban J connectivity index is 2.50. The molecule has 1 aromatic rings. The highest BCUT2D eigenvalue weighted by Gasteiger charge is 2.29. The zero-order chi connectivity index (χ0) is 11.0. The van der Waals surface area contributed by atoms with Gasteiger partial charge in [-0.15, -0.1) is 0 Å². The van der Waals surface area contributed by atoms with E-state index in [1.165, 1.54) is 13.2 Å². The minimum absolute atomic E-state index is 0.238. The van der Waals surface area contributed by atoms with Crippen molar-refractivity contribution in [1.82, 2.24) is 0 Å². The van der Waals surface area contributed by atoms with Gasteiger partial charge in [0.05, 0.1) is 24.3 Å². The molecule has 1 heterocycles. The molecule has 2 rings (SSSR count). The van der Waals surface area contributed by atoms with E-state index in [0.29, 0.717) is 17.1 Å². The monoisotopic (exact) mass is 226 g/mol. The first-order chi connectivity index (χ1) is 7.13. The first-order valence-corrected chi connectivity index (χ1v) is 4.71. The predicted octanol–water partition coefficient (Wildman–Crippen LogP) is 0.344. The number of carbonyl (C=O) groups excluding carboxylic acids is 1. The molecular formula is C9H8BClO4. The topological polar surface area (TPSA) is 55.8 Å². The number of ether oxygens (including phenoxy) is 1. The van der Waals surface area contributed by atoms with Crippen molar-refractivity contribution in [2.75, 3.05) is 7.11 Å². The summed E-state index contributed by atoms with van der Waals surface area (Å²) in [6.07, 6.45) is 0. The molecule has 0 saturated carbocycles. The van der Waals surface area contributed by atoms with Crippen LogP contribution in [-0.2, 0) is 16.0 Å². The van der Waals surface area contributed by atoms with Gasteiger partial charge in [0.25, 0.3) is 0 Å². The van der Waals surface area contributed by atoms with Crippen molar-refractivity contribution in [3.63, 3.8) is 0 Å². The third-order valence-corrected chi connectivity index (χ3v) is 2.61. The molecule has 6 heteroatoms. The minimum Gasteiger partial charge on any atom is -0.465 e. The molecule has 0 aliphatic carbocycles. The van der Waals surface area contributed by atoms with E-state index in [1.54, 1.807) is 6.07 Å². The number of hydrogen-bond donors (Lipinski definition) is 1. The Labute approximate surface area is 91.9 Å². The fourth-order valence-corrected chi connectivity index (χ4v) is 1.77. The fraction of sp³-hybridized carbons (Fsp3) is 0.222. The first-order valence-electron chi connectivity index (χ1n) is 4.33. The van der Waals surface area contributed by atoms with Crippen molar-refractivity contribution in [3.8, 4) is 0 Å². The summed E-state index contributed by atoms with van der Waals surface area (Å²) in [7, 11) is 0.291. The molecule has 0 spiro atoms. The van der Waals surface area contributed by atoms with Crippen LogP contribution in [0.25, 0.3) is 0 Å². The smallest absolute Gasteiger partial charge is 0.465 e.